The van der Waals surface area contributed by atoms with Gasteiger partial charge in [0.15, 0.2) is 0 Å². The van der Waals surface area contributed by atoms with Crippen LogP contribution in [0.25, 0.3) is 0 Å². The molecular formula is C16H14F3NO5S. The highest BCUT2D eigenvalue weighted by atomic mass is 32.2. The van der Waals surface area contributed by atoms with Crippen LogP contribution < -0.4 is 9.47 Å². The fourth-order valence-electron chi connectivity index (χ4n) is 2.82. The van der Waals surface area contributed by atoms with E-state index >= 15 is 0 Å². The van der Waals surface area contributed by atoms with Gasteiger partial charge in [-0.05, 0) is 25.0 Å². The molecule has 6 nitrogen and oxygen atoms in total. The summed E-state index contributed by atoms with van der Waals surface area (Å²) >= 11 is 0. The largest absolute Gasteiger partial charge is 0.501 e. The molecule has 0 aliphatic heterocycles. The number of ether oxygens (including phenoxy) is 2. The zero-order valence-corrected chi connectivity index (χ0v) is 14.3. The summed E-state index contributed by atoms with van der Waals surface area (Å²) in [6, 6.07) is 3.47. The van der Waals surface area contributed by atoms with Crippen LogP contribution in [0, 0.1) is 0 Å². The molecule has 0 spiro atoms. The van der Waals surface area contributed by atoms with E-state index in [0.29, 0.717) is 5.75 Å². The molecule has 0 bridgehead atoms. The van der Waals surface area contributed by atoms with E-state index in [-0.39, 0.29) is 35.5 Å². The van der Waals surface area contributed by atoms with Crippen molar-refractivity contribution in [1.29, 1.82) is 0 Å². The third-order valence-corrected chi connectivity index (χ3v) is 5.57. The van der Waals surface area contributed by atoms with Crippen molar-refractivity contribution in [3.63, 3.8) is 0 Å². The highest BCUT2D eigenvalue weighted by Gasteiger charge is 2.49. The molecule has 1 aliphatic rings. The van der Waals surface area contributed by atoms with E-state index in [2.05, 4.69) is 4.98 Å². The summed E-state index contributed by atoms with van der Waals surface area (Å²) in [6.45, 7) is 0. The van der Waals surface area contributed by atoms with Crippen LogP contribution in [0.2, 0.25) is 0 Å². The number of aliphatic hydroxyl groups excluding tert-OH is 1. The Balaban J connectivity index is 2.08. The topological polar surface area (TPSA) is 85.7 Å². The van der Waals surface area contributed by atoms with Crippen LogP contribution in [0.15, 0.2) is 35.5 Å². The maximum Gasteiger partial charge on any atom is 0.501 e. The number of aliphatic hydroxyl groups is 1. The number of methoxy groups -OCH3 is 1. The third-order valence-electron chi connectivity index (χ3n) is 4.02. The van der Waals surface area contributed by atoms with E-state index in [1.54, 1.807) is 0 Å². The molecule has 1 aliphatic carbocycles. The van der Waals surface area contributed by atoms with Gasteiger partial charge in [-0.1, -0.05) is 0 Å². The van der Waals surface area contributed by atoms with Crippen molar-refractivity contribution in [1.82, 2.24) is 4.98 Å². The first kappa shape index (κ1) is 18.5. The molecule has 1 N–H and O–H groups in total. The number of fused-ring (bicyclic) bond motifs is 1. The second-order valence-electron chi connectivity index (χ2n) is 5.62. The molecule has 1 unspecified atom stereocenters. The van der Waals surface area contributed by atoms with Crippen LogP contribution in [-0.2, 0) is 16.3 Å². The molecule has 0 radical (unpaired) electrons. The number of rotatable bonds is 4. The monoisotopic (exact) mass is 389 g/mol. The molecule has 1 heterocycles. The van der Waals surface area contributed by atoms with Crippen molar-refractivity contribution in [3.05, 3.63) is 41.7 Å². The minimum Gasteiger partial charge on any atom is -0.495 e. The predicted octanol–water partition coefficient (Wildman–Crippen LogP) is 3.16. The van der Waals surface area contributed by atoms with Crippen LogP contribution in [0.3, 0.4) is 0 Å². The standard InChI is InChI=1S/C16H14F3NO5S/c1-24-9-6-10(8-20-7-9)25-13-4-5-14(26(22,23)16(17,18)19)15-11(13)2-3-12(15)21/h4-8,12,21H,2-3H2,1H3. The average Bonchev–Trinajstić information content (AvgIpc) is 2.97. The summed E-state index contributed by atoms with van der Waals surface area (Å²) in [5.41, 5.74) is -5.50. The maximum atomic E-state index is 12.9. The van der Waals surface area contributed by atoms with Crippen LogP contribution >= 0.6 is 0 Å². The van der Waals surface area contributed by atoms with E-state index < -0.39 is 26.3 Å². The molecule has 0 fully saturated rings. The minimum atomic E-state index is -5.58. The summed E-state index contributed by atoms with van der Waals surface area (Å²) in [4.78, 5) is 2.96. The summed E-state index contributed by atoms with van der Waals surface area (Å²) in [5, 5.41) is 10.0. The van der Waals surface area contributed by atoms with Crippen molar-refractivity contribution in [2.45, 2.75) is 29.3 Å². The number of hydrogen-bond acceptors (Lipinski definition) is 6. The Morgan fingerprint density at radius 2 is 1.92 bits per heavy atom. The summed E-state index contributed by atoms with van der Waals surface area (Å²) in [6.07, 6.45) is 1.79. The Bertz CT molecular complexity index is 943. The highest BCUT2D eigenvalue weighted by molar-refractivity contribution is 7.92. The number of aromatic nitrogens is 1. The van der Waals surface area contributed by atoms with Crippen molar-refractivity contribution in [2.24, 2.45) is 0 Å². The van der Waals surface area contributed by atoms with Gasteiger partial charge in [0.2, 0.25) is 0 Å². The Morgan fingerprint density at radius 3 is 2.58 bits per heavy atom. The fourth-order valence-corrected chi connectivity index (χ4v) is 3.87. The molecule has 140 valence electrons. The third kappa shape index (κ3) is 3.10. The van der Waals surface area contributed by atoms with E-state index in [4.69, 9.17) is 9.47 Å². The molecule has 0 amide bonds. The van der Waals surface area contributed by atoms with Gasteiger partial charge in [-0.15, -0.1) is 0 Å². The number of pyridine rings is 1. The van der Waals surface area contributed by atoms with E-state index in [9.17, 15) is 26.7 Å². The zero-order valence-electron chi connectivity index (χ0n) is 13.4. The first-order chi connectivity index (χ1) is 12.1. The van der Waals surface area contributed by atoms with Gasteiger partial charge in [0.1, 0.15) is 17.2 Å². The predicted molar refractivity (Wildman–Crippen MR) is 83.8 cm³/mol. The molecule has 1 aromatic carbocycles. The highest BCUT2D eigenvalue weighted by Crippen LogP contribution is 2.45. The van der Waals surface area contributed by atoms with Crippen molar-refractivity contribution >= 4 is 9.84 Å². The van der Waals surface area contributed by atoms with Gasteiger partial charge in [-0.25, -0.2) is 8.42 Å². The molecule has 26 heavy (non-hydrogen) atoms. The quantitative estimate of drug-likeness (QED) is 0.865. The number of benzene rings is 1. The van der Waals surface area contributed by atoms with E-state index in [1.165, 1.54) is 25.6 Å². The lowest BCUT2D eigenvalue weighted by molar-refractivity contribution is -0.0437. The fraction of sp³-hybridized carbons (Fsp3) is 0.312. The number of sulfone groups is 1. The summed E-state index contributed by atoms with van der Waals surface area (Å²) in [5.74, 6) is 0.836. The van der Waals surface area contributed by atoms with Gasteiger partial charge >= 0.3 is 5.51 Å². The van der Waals surface area contributed by atoms with Crippen molar-refractivity contribution in [3.8, 4) is 17.2 Å². The SMILES string of the molecule is COc1cncc(Oc2ccc(S(=O)(=O)C(F)(F)F)c3c2CCC3O)c1. The summed E-state index contributed by atoms with van der Waals surface area (Å²) < 4.78 is 73.0. The molecule has 0 saturated heterocycles. The number of nitrogens with zero attached hydrogens (tertiary/aromatic N) is 1. The maximum absolute atomic E-state index is 12.9. The van der Waals surface area contributed by atoms with E-state index in [1.807, 2.05) is 0 Å². The lowest BCUT2D eigenvalue weighted by Gasteiger charge is -2.17. The molecule has 1 aromatic heterocycles. The second kappa shape index (κ2) is 6.44. The van der Waals surface area contributed by atoms with Gasteiger partial charge in [-0.3, -0.25) is 4.98 Å². The molecule has 2 aromatic rings. The van der Waals surface area contributed by atoms with Crippen LogP contribution in [-0.4, -0.2) is 31.1 Å². The lowest BCUT2D eigenvalue weighted by atomic mass is 10.1. The first-order valence-corrected chi connectivity index (χ1v) is 8.95. The number of hydrogen-bond donors (Lipinski definition) is 1. The molecule has 1 atom stereocenters. The molecule has 10 heteroatoms. The number of halogens is 3. The van der Waals surface area contributed by atoms with Gasteiger partial charge in [0.05, 0.1) is 30.5 Å². The molecular weight excluding hydrogens is 375 g/mol. The van der Waals surface area contributed by atoms with Crippen LogP contribution in [0.1, 0.15) is 23.7 Å². The van der Waals surface area contributed by atoms with Crippen molar-refractivity contribution in [2.75, 3.05) is 7.11 Å². The van der Waals surface area contributed by atoms with Gasteiger partial charge < -0.3 is 14.6 Å². The van der Waals surface area contributed by atoms with Crippen LogP contribution in [0.4, 0.5) is 13.2 Å². The second-order valence-corrected chi connectivity index (χ2v) is 7.53. The van der Waals surface area contributed by atoms with Gasteiger partial charge in [-0.2, -0.15) is 13.2 Å². The van der Waals surface area contributed by atoms with Gasteiger partial charge in [0, 0.05) is 17.2 Å². The normalized spacial score (nSPS) is 17.0. The Labute approximate surface area is 147 Å². The minimum absolute atomic E-state index is 0.104. The first-order valence-electron chi connectivity index (χ1n) is 7.47. The Hall–Kier alpha value is -2.33. The molecule has 0 saturated carbocycles. The number of alkyl halides is 3. The van der Waals surface area contributed by atoms with E-state index in [0.717, 1.165) is 12.1 Å². The van der Waals surface area contributed by atoms with Crippen molar-refractivity contribution < 1.29 is 36.2 Å². The smallest absolute Gasteiger partial charge is 0.495 e. The summed E-state index contributed by atoms with van der Waals surface area (Å²) in [7, 11) is -4.15. The Morgan fingerprint density at radius 1 is 1.23 bits per heavy atom. The zero-order chi connectivity index (χ0) is 19.1. The lowest BCUT2D eigenvalue weighted by Crippen LogP contribution is -2.24. The van der Waals surface area contributed by atoms with Gasteiger partial charge in [0.25, 0.3) is 9.84 Å². The average molecular weight is 389 g/mol. The van der Waals surface area contributed by atoms with Crippen LogP contribution in [0.5, 0.6) is 17.2 Å². The Kier molecular flexibility index (Phi) is 4.57. The molecule has 3 rings (SSSR count).